The van der Waals surface area contributed by atoms with Gasteiger partial charge < -0.3 is 10.1 Å². The van der Waals surface area contributed by atoms with Crippen molar-refractivity contribution in [1.82, 2.24) is 10.3 Å². The van der Waals surface area contributed by atoms with Gasteiger partial charge in [-0.3, -0.25) is 9.59 Å². The smallest absolute Gasteiger partial charge is 0.311 e. The van der Waals surface area contributed by atoms with Crippen molar-refractivity contribution in [3.05, 3.63) is 11.1 Å². The number of thioether (sulfide) groups is 1. The third kappa shape index (κ3) is 4.34. The summed E-state index contributed by atoms with van der Waals surface area (Å²) in [5, 5.41) is 5.14. The fraction of sp³-hybridized carbons (Fsp3) is 0.750. The number of hydrogen-bond acceptors (Lipinski definition) is 6. The molecule has 4 fully saturated rings. The molecule has 1 atom stereocenters. The van der Waals surface area contributed by atoms with Crippen molar-refractivity contribution in [2.24, 2.45) is 17.8 Å². The molecule has 5 nitrogen and oxygen atoms in total. The van der Waals surface area contributed by atoms with Gasteiger partial charge in [0.15, 0.2) is 4.34 Å². The fourth-order valence-electron chi connectivity index (χ4n) is 5.62. The van der Waals surface area contributed by atoms with Gasteiger partial charge in [-0.05, 0) is 70.1 Å². The first-order valence-corrected chi connectivity index (χ1v) is 11.8. The molecule has 0 unspecified atom stereocenters. The molecule has 1 aromatic rings. The first kappa shape index (κ1) is 19.2. The number of esters is 1. The summed E-state index contributed by atoms with van der Waals surface area (Å²) in [7, 11) is 0. The standard InChI is InChI=1S/C20H28N2O3S2/c1-3-25-17(23)7-16-11-26-19(21-16)27-12(2)18(24)22-20-8-13-4-14(9-20)6-15(5-13)10-20/h11-15H,3-10H2,1-2H3,(H,22,24)/t12-,13?,14?,15?,20?/m0/s1. The topological polar surface area (TPSA) is 68.3 Å². The largest absolute Gasteiger partial charge is 0.466 e. The van der Waals surface area contributed by atoms with Crippen LogP contribution in [-0.2, 0) is 20.7 Å². The van der Waals surface area contributed by atoms with Crippen LogP contribution in [0.2, 0.25) is 0 Å². The van der Waals surface area contributed by atoms with Gasteiger partial charge in [0.1, 0.15) is 0 Å². The monoisotopic (exact) mass is 408 g/mol. The van der Waals surface area contributed by atoms with Gasteiger partial charge in [0.2, 0.25) is 5.91 Å². The molecule has 1 N–H and O–H groups in total. The van der Waals surface area contributed by atoms with E-state index >= 15 is 0 Å². The lowest BCUT2D eigenvalue weighted by atomic mass is 9.53. The lowest BCUT2D eigenvalue weighted by Crippen LogP contribution is -2.60. The number of aromatic nitrogens is 1. The predicted octanol–water partition coefficient (Wildman–Crippen LogP) is 3.81. The van der Waals surface area contributed by atoms with E-state index in [2.05, 4.69) is 10.3 Å². The van der Waals surface area contributed by atoms with Crippen LogP contribution in [0.1, 0.15) is 58.1 Å². The van der Waals surface area contributed by atoms with Gasteiger partial charge in [-0.25, -0.2) is 4.98 Å². The number of hydrogen-bond donors (Lipinski definition) is 1. The van der Waals surface area contributed by atoms with E-state index in [1.165, 1.54) is 61.6 Å². The molecule has 4 bridgehead atoms. The molecule has 0 radical (unpaired) electrons. The van der Waals surface area contributed by atoms with Crippen LogP contribution in [0.4, 0.5) is 0 Å². The fourth-order valence-corrected chi connectivity index (χ4v) is 7.60. The van der Waals surface area contributed by atoms with Crippen LogP contribution in [0.15, 0.2) is 9.72 Å². The molecule has 0 aliphatic heterocycles. The second kappa shape index (κ2) is 7.74. The maximum Gasteiger partial charge on any atom is 0.311 e. The summed E-state index contributed by atoms with van der Waals surface area (Å²) >= 11 is 2.97. The molecule has 1 heterocycles. The zero-order chi connectivity index (χ0) is 19.0. The van der Waals surface area contributed by atoms with Crippen LogP contribution in [0.25, 0.3) is 0 Å². The minimum atomic E-state index is -0.257. The molecule has 1 amide bonds. The van der Waals surface area contributed by atoms with Gasteiger partial charge in [-0.1, -0.05) is 11.8 Å². The number of rotatable bonds is 7. The Morgan fingerprint density at radius 2 is 1.93 bits per heavy atom. The minimum absolute atomic E-state index is 0.0542. The Kier molecular flexibility index (Phi) is 5.52. The summed E-state index contributed by atoms with van der Waals surface area (Å²) in [6, 6.07) is 0. The van der Waals surface area contributed by atoms with E-state index in [9.17, 15) is 9.59 Å². The number of carbonyl (C=O) groups excluding carboxylic acids is 2. The molecule has 4 aliphatic rings. The van der Waals surface area contributed by atoms with Crippen molar-refractivity contribution >= 4 is 35.0 Å². The Morgan fingerprint density at radius 1 is 1.30 bits per heavy atom. The average Bonchev–Trinajstić information content (AvgIpc) is 3.00. The highest BCUT2D eigenvalue weighted by Crippen LogP contribution is 2.55. The Labute approximate surface area is 169 Å². The lowest BCUT2D eigenvalue weighted by Gasteiger charge is -2.57. The summed E-state index contributed by atoms with van der Waals surface area (Å²) < 4.78 is 5.80. The van der Waals surface area contributed by atoms with Crippen molar-refractivity contribution in [2.45, 2.75) is 73.9 Å². The first-order chi connectivity index (χ1) is 12.9. The van der Waals surface area contributed by atoms with E-state index < -0.39 is 0 Å². The molecule has 0 aromatic carbocycles. The third-order valence-electron chi connectivity index (χ3n) is 6.23. The molecule has 5 rings (SSSR count). The van der Waals surface area contributed by atoms with E-state index in [0.717, 1.165) is 27.8 Å². The molecule has 4 aliphatic carbocycles. The van der Waals surface area contributed by atoms with Crippen LogP contribution in [0.3, 0.4) is 0 Å². The van der Waals surface area contributed by atoms with Crippen molar-refractivity contribution in [3.63, 3.8) is 0 Å². The van der Waals surface area contributed by atoms with Crippen molar-refractivity contribution in [3.8, 4) is 0 Å². The van der Waals surface area contributed by atoms with Gasteiger partial charge in [0.05, 0.1) is 24.0 Å². The highest BCUT2D eigenvalue weighted by atomic mass is 32.2. The number of thiazole rings is 1. The number of carbonyl (C=O) groups is 2. The Hall–Kier alpha value is -1.08. The molecule has 7 heteroatoms. The van der Waals surface area contributed by atoms with Crippen LogP contribution >= 0.6 is 23.1 Å². The molecule has 148 valence electrons. The maximum atomic E-state index is 12.9. The van der Waals surface area contributed by atoms with Crippen molar-refractivity contribution < 1.29 is 14.3 Å². The van der Waals surface area contributed by atoms with Crippen molar-refractivity contribution in [2.75, 3.05) is 6.61 Å². The van der Waals surface area contributed by atoms with Crippen LogP contribution in [0, 0.1) is 17.8 Å². The normalized spacial score (nSPS) is 32.3. The number of nitrogens with one attached hydrogen (secondary N) is 1. The van der Waals surface area contributed by atoms with Crippen molar-refractivity contribution in [1.29, 1.82) is 0 Å². The summed E-state index contributed by atoms with van der Waals surface area (Å²) in [6.07, 6.45) is 7.83. The van der Waals surface area contributed by atoms with Gasteiger partial charge in [-0.15, -0.1) is 11.3 Å². The Morgan fingerprint density at radius 3 is 2.52 bits per heavy atom. The van der Waals surface area contributed by atoms with Crippen LogP contribution in [0.5, 0.6) is 0 Å². The molecule has 4 saturated carbocycles. The third-order valence-corrected chi connectivity index (χ3v) is 8.36. The summed E-state index contributed by atoms with van der Waals surface area (Å²) in [4.78, 5) is 28.9. The van der Waals surface area contributed by atoms with Gasteiger partial charge in [0.25, 0.3) is 0 Å². The zero-order valence-corrected chi connectivity index (χ0v) is 17.7. The van der Waals surface area contributed by atoms with Gasteiger partial charge >= 0.3 is 5.97 Å². The number of amides is 1. The van der Waals surface area contributed by atoms with E-state index in [1.807, 2.05) is 12.3 Å². The number of nitrogens with zero attached hydrogens (tertiary/aromatic N) is 1. The van der Waals surface area contributed by atoms with E-state index in [-0.39, 0.29) is 29.1 Å². The summed E-state index contributed by atoms with van der Waals surface area (Å²) in [5.74, 6) is 2.34. The lowest BCUT2D eigenvalue weighted by molar-refractivity contribution is -0.142. The van der Waals surface area contributed by atoms with E-state index in [4.69, 9.17) is 4.74 Å². The molecule has 1 aromatic heterocycles. The highest BCUT2D eigenvalue weighted by Gasteiger charge is 2.51. The first-order valence-electron chi connectivity index (χ1n) is 10.0. The van der Waals surface area contributed by atoms with Crippen LogP contribution < -0.4 is 5.32 Å². The zero-order valence-electron chi connectivity index (χ0n) is 16.0. The molecule has 0 saturated heterocycles. The summed E-state index contributed by atoms with van der Waals surface area (Å²) in [6.45, 7) is 4.13. The maximum absolute atomic E-state index is 12.9. The second-order valence-electron chi connectivity index (χ2n) is 8.53. The number of ether oxygens (including phenoxy) is 1. The van der Waals surface area contributed by atoms with E-state index in [0.29, 0.717) is 6.61 Å². The van der Waals surface area contributed by atoms with Crippen LogP contribution in [-0.4, -0.2) is 34.3 Å². The van der Waals surface area contributed by atoms with Gasteiger partial charge in [0, 0.05) is 10.9 Å². The minimum Gasteiger partial charge on any atom is -0.466 e. The Balaban J connectivity index is 1.32. The Bertz CT molecular complexity index is 683. The highest BCUT2D eigenvalue weighted by molar-refractivity contribution is 8.02. The average molecular weight is 409 g/mol. The summed E-state index contributed by atoms with van der Waals surface area (Å²) in [5.41, 5.74) is 0.771. The molecule has 27 heavy (non-hydrogen) atoms. The second-order valence-corrected chi connectivity index (χ2v) is 11.0. The quantitative estimate of drug-likeness (QED) is 0.549. The molecular formula is C20H28N2O3S2. The SMILES string of the molecule is CCOC(=O)Cc1csc(S[C@@H](C)C(=O)NC23CC4CC(CC(C4)C2)C3)n1. The predicted molar refractivity (Wildman–Crippen MR) is 107 cm³/mol. The van der Waals surface area contributed by atoms with Gasteiger partial charge in [-0.2, -0.15) is 0 Å². The molecular weight excluding hydrogens is 380 g/mol. The van der Waals surface area contributed by atoms with E-state index in [1.54, 1.807) is 6.92 Å². The molecule has 0 spiro atoms.